The van der Waals surface area contributed by atoms with Gasteiger partial charge in [0, 0.05) is 57.4 Å². The Labute approximate surface area is 237 Å². The zero-order chi connectivity index (χ0) is 27.3. The first-order valence-electron chi connectivity index (χ1n) is 13.7. The second-order valence-electron chi connectivity index (χ2n) is 10.9. The first-order valence-corrected chi connectivity index (χ1v) is 14.5. The highest BCUT2D eigenvalue weighted by atomic mass is 32.2. The number of ether oxygens (including phenoxy) is 2. The molecule has 6 heterocycles. The fourth-order valence-electron chi connectivity index (χ4n) is 6.45. The second-order valence-corrected chi connectivity index (χ2v) is 11.9. The van der Waals surface area contributed by atoms with Gasteiger partial charge in [0.25, 0.3) is 0 Å². The minimum atomic E-state index is -0.0626. The first kappa shape index (κ1) is 25.5. The van der Waals surface area contributed by atoms with Crippen molar-refractivity contribution in [3.8, 4) is 5.75 Å². The zero-order valence-corrected chi connectivity index (χ0v) is 23.2. The average Bonchev–Trinajstić information content (AvgIpc) is 3.46. The number of hydrogen-bond acceptors (Lipinski definition) is 10. The van der Waals surface area contributed by atoms with Gasteiger partial charge in [-0.25, -0.2) is 19.7 Å². The molecule has 40 heavy (non-hydrogen) atoms. The molecule has 1 aliphatic carbocycles. The van der Waals surface area contributed by atoms with E-state index in [1.54, 1.807) is 29.3 Å². The molecular weight excluding hydrogens is 528 g/mol. The van der Waals surface area contributed by atoms with Gasteiger partial charge in [-0.05, 0) is 42.4 Å². The number of carbonyl (C=O) groups is 1. The number of fused-ring (bicyclic) bond motifs is 4. The van der Waals surface area contributed by atoms with E-state index in [4.69, 9.17) is 25.2 Å². The van der Waals surface area contributed by atoms with Gasteiger partial charge in [-0.3, -0.25) is 9.88 Å². The van der Waals surface area contributed by atoms with Gasteiger partial charge in [0.15, 0.2) is 11.6 Å². The van der Waals surface area contributed by atoms with Crippen LogP contribution in [0.25, 0.3) is 0 Å². The molecule has 0 saturated carbocycles. The molecular formula is C28H32N8O3S. The van der Waals surface area contributed by atoms with E-state index in [-0.39, 0.29) is 23.5 Å². The minimum Gasteiger partial charge on any atom is -0.486 e. The molecule has 2 amide bonds. The predicted molar refractivity (Wildman–Crippen MR) is 150 cm³/mol. The number of aromatic nitrogens is 4. The van der Waals surface area contributed by atoms with Crippen molar-refractivity contribution in [3.05, 3.63) is 54.2 Å². The summed E-state index contributed by atoms with van der Waals surface area (Å²) >= 11 is 1.46. The lowest BCUT2D eigenvalue weighted by Crippen LogP contribution is -2.44. The maximum atomic E-state index is 13.1. The number of nitrogens with zero attached hydrogens (tertiary/aromatic N) is 7. The fraction of sp³-hybridized carbons (Fsp3) is 0.464. The van der Waals surface area contributed by atoms with Gasteiger partial charge >= 0.3 is 6.03 Å². The Kier molecular flexibility index (Phi) is 6.48. The van der Waals surface area contributed by atoms with Crippen molar-refractivity contribution in [3.63, 3.8) is 0 Å². The van der Waals surface area contributed by atoms with E-state index in [0.29, 0.717) is 37.9 Å². The summed E-state index contributed by atoms with van der Waals surface area (Å²) in [5.41, 5.74) is 9.14. The lowest BCUT2D eigenvalue weighted by atomic mass is 9.73. The molecule has 2 saturated heterocycles. The zero-order valence-electron chi connectivity index (χ0n) is 22.4. The fourth-order valence-corrected chi connectivity index (χ4v) is 7.26. The molecule has 208 valence electrons. The minimum absolute atomic E-state index is 0.0382. The Bertz CT molecular complexity index is 1410. The highest BCUT2D eigenvalue weighted by Crippen LogP contribution is 2.50. The molecule has 2 atom stereocenters. The number of amides is 2. The number of rotatable bonds is 6. The second kappa shape index (κ2) is 10.2. The van der Waals surface area contributed by atoms with Crippen LogP contribution in [0.4, 0.5) is 16.4 Å². The van der Waals surface area contributed by atoms with Crippen LogP contribution in [0, 0.1) is 5.41 Å². The number of methoxy groups -OCH3 is 1. The molecule has 11 nitrogen and oxygen atoms in total. The molecule has 1 spiro atoms. The summed E-state index contributed by atoms with van der Waals surface area (Å²) in [6.07, 6.45) is 10.2. The Hall–Kier alpha value is -3.48. The molecule has 0 radical (unpaired) electrons. The van der Waals surface area contributed by atoms with Crippen molar-refractivity contribution in [2.45, 2.75) is 41.3 Å². The topological polar surface area (TPSA) is 123 Å². The summed E-state index contributed by atoms with van der Waals surface area (Å²) in [5.74, 6) is 2.04. The quantitative estimate of drug-likeness (QED) is 0.481. The monoisotopic (exact) mass is 560 g/mol. The van der Waals surface area contributed by atoms with E-state index in [1.807, 2.05) is 24.5 Å². The molecule has 3 aliphatic heterocycles. The number of nitrogens with two attached hydrogens (primary N) is 1. The summed E-state index contributed by atoms with van der Waals surface area (Å²) in [7, 11) is 1.64. The lowest BCUT2D eigenvalue weighted by Gasteiger charge is -2.42. The summed E-state index contributed by atoms with van der Waals surface area (Å²) in [4.78, 5) is 38.3. The highest BCUT2D eigenvalue weighted by Gasteiger charge is 2.47. The van der Waals surface area contributed by atoms with Crippen LogP contribution >= 0.6 is 11.8 Å². The van der Waals surface area contributed by atoms with E-state index in [9.17, 15) is 4.79 Å². The Balaban J connectivity index is 1.02. The standard InChI is InChI=1S/C28H32N8O3S/c1-38-12-11-35-16-18-17-39-24-21(4-8-31-26(24)36(18)27(35)37)40-23-15-32-22(14-33-23)34-9-5-28(6-10-34)13-20-19(25(28)29)3-2-7-30-20/h2-4,7-8,14-15,18,25H,5-6,9-13,16-17,29H2,1H3/t18?,25-/m1/s1. The van der Waals surface area contributed by atoms with Crippen LogP contribution in [-0.2, 0) is 11.2 Å². The van der Waals surface area contributed by atoms with Crippen LogP contribution in [-0.4, -0.2) is 83.4 Å². The van der Waals surface area contributed by atoms with Gasteiger partial charge in [0.05, 0.1) is 29.9 Å². The number of urea groups is 1. The molecule has 4 aliphatic rings. The smallest absolute Gasteiger partial charge is 0.326 e. The van der Waals surface area contributed by atoms with Crippen molar-refractivity contribution < 1.29 is 14.3 Å². The third kappa shape index (κ3) is 4.25. The third-order valence-electron chi connectivity index (χ3n) is 8.69. The molecule has 12 heteroatoms. The maximum Gasteiger partial charge on any atom is 0.326 e. The molecule has 3 aromatic rings. The van der Waals surface area contributed by atoms with Crippen LogP contribution in [0.2, 0.25) is 0 Å². The molecule has 2 fully saturated rings. The van der Waals surface area contributed by atoms with Gasteiger partial charge in [-0.15, -0.1) is 0 Å². The normalized spacial score (nSPS) is 22.8. The van der Waals surface area contributed by atoms with Gasteiger partial charge in [0.2, 0.25) is 0 Å². The van der Waals surface area contributed by atoms with Crippen molar-refractivity contribution in [2.24, 2.45) is 11.1 Å². The molecule has 1 unspecified atom stereocenters. The molecule has 2 N–H and O–H groups in total. The van der Waals surface area contributed by atoms with Crippen molar-refractivity contribution >= 4 is 29.4 Å². The highest BCUT2D eigenvalue weighted by molar-refractivity contribution is 7.99. The van der Waals surface area contributed by atoms with Crippen LogP contribution in [0.3, 0.4) is 0 Å². The van der Waals surface area contributed by atoms with E-state index < -0.39 is 0 Å². The predicted octanol–water partition coefficient (Wildman–Crippen LogP) is 2.91. The summed E-state index contributed by atoms with van der Waals surface area (Å²) in [6.45, 7) is 3.84. The van der Waals surface area contributed by atoms with Gasteiger partial charge in [0.1, 0.15) is 17.5 Å². The molecule has 0 bridgehead atoms. The number of hydrogen-bond donors (Lipinski definition) is 1. The Morgan fingerprint density at radius 3 is 2.80 bits per heavy atom. The van der Waals surface area contributed by atoms with E-state index in [0.717, 1.165) is 53.8 Å². The average molecular weight is 561 g/mol. The van der Waals surface area contributed by atoms with Gasteiger partial charge in [-0.1, -0.05) is 17.8 Å². The number of piperidine rings is 1. The summed E-state index contributed by atoms with van der Waals surface area (Å²) < 4.78 is 11.3. The Morgan fingerprint density at radius 1 is 1.15 bits per heavy atom. The largest absolute Gasteiger partial charge is 0.486 e. The van der Waals surface area contributed by atoms with Gasteiger partial charge in [-0.2, -0.15) is 0 Å². The van der Waals surface area contributed by atoms with E-state index >= 15 is 0 Å². The Morgan fingerprint density at radius 2 is 2.02 bits per heavy atom. The lowest BCUT2D eigenvalue weighted by molar-refractivity contribution is 0.160. The summed E-state index contributed by atoms with van der Waals surface area (Å²) in [5, 5.41) is 0.755. The molecule has 7 rings (SSSR count). The maximum absolute atomic E-state index is 13.1. The number of carbonyl (C=O) groups excluding carboxylic acids is 1. The summed E-state index contributed by atoms with van der Waals surface area (Å²) in [6, 6.07) is 5.92. The first-order chi connectivity index (χ1) is 19.6. The van der Waals surface area contributed by atoms with Crippen molar-refractivity contribution in [2.75, 3.05) is 56.3 Å². The number of anilines is 2. The molecule has 0 aromatic carbocycles. The number of pyridine rings is 2. The van der Waals surface area contributed by atoms with Crippen molar-refractivity contribution in [1.29, 1.82) is 0 Å². The van der Waals surface area contributed by atoms with Crippen LogP contribution in [0.5, 0.6) is 5.75 Å². The van der Waals surface area contributed by atoms with E-state index in [2.05, 4.69) is 20.9 Å². The van der Waals surface area contributed by atoms with E-state index in [1.165, 1.54) is 17.3 Å². The van der Waals surface area contributed by atoms with Crippen LogP contribution in [0.15, 0.2) is 52.9 Å². The molecule has 3 aromatic heterocycles. The van der Waals surface area contributed by atoms with Crippen molar-refractivity contribution in [1.82, 2.24) is 24.8 Å². The van der Waals surface area contributed by atoms with Crippen LogP contribution in [0.1, 0.15) is 30.1 Å². The SMILES string of the molecule is COCCN1CC2COc3c(Sc4cnc(N5CCC6(CC5)Cc5ncccc5[C@H]6N)cn4)ccnc3N2C1=O. The van der Waals surface area contributed by atoms with Crippen LogP contribution < -0.4 is 20.3 Å². The van der Waals surface area contributed by atoms with Gasteiger partial charge < -0.3 is 25.0 Å². The third-order valence-corrected chi connectivity index (χ3v) is 9.65.